The highest BCUT2D eigenvalue weighted by molar-refractivity contribution is 5.94. The lowest BCUT2D eigenvalue weighted by molar-refractivity contribution is -0.117. The standard InChI is InChI=1S/C15H22N2O/c1-2-3-7-14(16)15(18)17-13-9-8-11-5-4-6-12(11)10-13/h8-10,14H,2-7,16H2,1H3,(H,17,18)/t14-/m0/s1. The van der Waals surface area contributed by atoms with Crippen molar-refractivity contribution in [2.45, 2.75) is 51.5 Å². The van der Waals surface area contributed by atoms with E-state index in [4.69, 9.17) is 5.73 Å². The van der Waals surface area contributed by atoms with E-state index in [-0.39, 0.29) is 5.91 Å². The van der Waals surface area contributed by atoms with Crippen LogP contribution in [0.2, 0.25) is 0 Å². The van der Waals surface area contributed by atoms with Crippen LogP contribution in [0.15, 0.2) is 18.2 Å². The number of carbonyl (C=O) groups excluding carboxylic acids is 1. The zero-order chi connectivity index (χ0) is 13.0. The molecule has 1 aliphatic rings. The van der Waals surface area contributed by atoms with E-state index in [1.807, 2.05) is 6.07 Å². The predicted molar refractivity (Wildman–Crippen MR) is 74.6 cm³/mol. The Morgan fingerprint density at radius 3 is 2.94 bits per heavy atom. The third-order valence-corrected chi connectivity index (χ3v) is 3.57. The van der Waals surface area contributed by atoms with Gasteiger partial charge in [-0.2, -0.15) is 0 Å². The molecule has 1 amide bonds. The molecule has 0 spiro atoms. The molecule has 3 nitrogen and oxygen atoms in total. The van der Waals surface area contributed by atoms with Crippen molar-refractivity contribution >= 4 is 11.6 Å². The number of nitrogens with one attached hydrogen (secondary N) is 1. The van der Waals surface area contributed by atoms with Crippen LogP contribution in [0.25, 0.3) is 0 Å². The average Bonchev–Trinajstić information content (AvgIpc) is 2.83. The SMILES string of the molecule is CCCC[C@H](N)C(=O)Nc1ccc2c(c1)CCC2. The van der Waals surface area contributed by atoms with E-state index in [0.717, 1.165) is 31.4 Å². The summed E-state index contributed by atoms with van der Waals surface area (Å²) in [5.41, 5.74) is 9.52. The number of carbonyl (C=O) groups is 1. The maximum absolute atomic E-state index is 11.9. The number of aryl methyl sites for hydroxylation is 2. The fourth-order valence-corrected chi connectivity index (χ4v) is 2.44. The van der Waals surface area contributed by atoms with E-state index in [1.54, 1.807) is 0 Å². The van der Waals surface area contributed by atoms with Crippen molar-refractivity contribution in [2.24, 2.45) is 5.73 Å². The van der Waals surface area contributed by atoms with Crippen molar-refractivity contribution in [1.29, 1.82) is 0 Å². The molecule has 0 aromatic heterocycles. The van der Waals surface area contributed by atoms with Crippen molar-refractivity contribution in [3.63, 3.8) is 0 Å². The smallest absolute Gasteiger partial charge is 0.241 e. The van der Waals surface area contributed by atoms with E-state index in [9.17, 15) is 4.79 Å². The van der Waals surface area contributed by atoms with Gasteiger partial charge in [-0.05, 0) is 48.9 Å². The Balaban J connectivity index is 1.94. The molecule has 0 bridgehead atoms. The number of anilines is 1. The first-order chi connectivity index (χ1) is 8.70. The molecule has 18 heavy (non-hydrogen) atoms. The van der Waals surface area contributed by atoms with Crippen LogP contribution in [0, 0.1) is 0 Å². The first-order valence-corrected chi connectivity index (χ1v) is 6.89. The normalized spacial score (nSPS) is 15.2. The topological polar surface area (TPSA) is 55.1 Å². The minimum Gasteiger partial charge on any atom is -0.325 e. The Morgan fingerprint density at radius 1 is 1.39 bits per heavy atom. The van der Waals surface area contributed by atoms with Gasteiger partial charge in [0.1, 0.15) is 0 Å². The summed E-state index contributed by atoms with van der Waals surface area (Å²) in [7, 11) is 0. The third kappa shape index (κ3) is 3.10. The van der Waals surface area contributed by atoms with E-state index >= 15 is 0 Å². The molecule has 0 saturated heterocycles. The van der Waals surface area contributed by atoms with Crippen molar-refractivity contribution in [3.05, 3.63) is 29.3 Å². The molecule has 0 aliphatic heterocycles. The number of amides is 1. The summed E-state index contributed by atoms with van der Waals surface area (Å²) in [6, 6.07) is 5.80. The number of nitrogens with two attached hydrogens (primary N) is 1. The van der Waals surface area contributed by atoms with Crippen LogP contribution in [-0.2, 0) is 17.6 Å². The average molecular weight is 246 g/mol. The molecular weight excluding hydrogens is 224 g/mol. The lowest BCUT2D eigenvalue weighted by Gasteiger charge is -2.12. The maximum Gasteiger partial charge on any atom is 0.241 e. The fraction of sp³-hybridized carbons (Fsp3) is 0.533. The van der Waals surface area contributed by atoms with Crippen molar-refractivity contribution in [1.82, 2.24) is 0 Å². The van der Waals surface area contributed by atoms with Gasteiger partial charge in [0, 0.05) is 5.69 Å². The van der Waals surface area contributed by atoms with Gasteiger partial charge >= 0.3 is 0 Å². The minimum atomic E-state index is -0.391. The molecule has 0 unspecified atom stereocenters. The van der Waals surface area contributed by atoms with Crippen LogP contribution in [0.1, 0.15) is 43.7 Å². The van der Waals surface area contributed by atoms with Gasteiger partial charge in [0.2, 0.25) is 5.91 Å². The molecule has 3 heteroatoms. The molecule has 98 valence electrons. The van der Waals surface area contributed by atoms with Crippen LogP contribution in [0.5, 0.6) is 0 Å². The Morgan fingerprint density at radius 2 is 2.17 bits per heavy atom. The summed E-state index contributed by atoms with van der Waals surface area (Å²) >= 11 is 0. The van der Waals surface area contributed by atoms with Crippen LogP contribution in [0.3, 0.4) is 0 Å². The Bertz CT molecular complexity index is 429. The molecule has 1 aromatic carbocycles. The van der Waals surface area contributed by atoms with Crippen molar-refractivity contribution < 1.29 is 4.79 Å². The quantitative estimate of drug-likeness (QED) is 0.839. The van der Waals surface area contributed by atoms with Gasteiger partial charge in [-0.1, -0.05) is 25.8 Å². The van der Waals surface area contributed by atoms with Gasteiger partial charge in [-0.3, -0.25) is 4.79 Å². The van der Waals surface area contributed by atoms with Gasteiger partial charge in [-0.25, -0.2) is 0 Å². The molecular formula is C15H22N2O. The first-order valence-electron chi connectivity index (χ1n) is 6.89. The highest BCUT2D eigenvalue weighted by Gasteiger charge is 2.15. The zero-order valence-electron chi connectivity index (χ0n) is 11.0. The summed E-state index contributed by atoms with van der Waals surface area (Å²) in [4.78, 5) is 11.9. The molecule has 3 N–H and O–H groups in total. The molecule has 0 heterocycles. The van der Waals surface area contributed by atoms with Crippen molar-refractivity contribution in [3.8, 4) is 0 Å². The van der Waals surface area contributed by atoms with E-state index in [2.05, 4.69) is 24.4 Å². The van der Waals surface area contributed by atoms with E-state index in [0.29, 0.717) is 0 Å². The van der Waals surface area contributed by atoms with Crippen LogP contribution >= 0.6 is 0 Å². The van der Waals surface area contributed by atoms with Crippen LogP contribution in [-0.4, -0.2) is 11.9 Å². The molecule has 0 saturated carbocycles. The third-order valence-electron chi connectivity index (χ3n) is 3.57. The van der Waals surface area contributed by atoms with Gasteiger partial charge in [0.05, 0.1) is 6.04 Å². The summed E-state index contributed by atoms with van der Waals surface area (Å²) in [6.07, 6.45) is 6.34. The summed E-state index contributed by atoms with van der Waals surface area (Å²) < 4.78 is 0. The molecule has 1 aromatic rings. The number of benzene rings is 1. The number of unbranched alkanes of at least 4 members (excludes halogenated alkanes) is 1. The van der Waals surface area contributed by atoms with Crippen LogP contribution < -0.4 is 11.1 Å². The maximum atomic E-state index is 11.9. The molecule has 0 fully saturated rings. The Kier molecular flexibility index (Phi) is 4.37. The van der Waals surface area contributed by atoms with Gasteiger partial charge in [-0.15, -0.1) is 0 Å². The highest BCUT2D eigenvalue weighted by atomic mass is 16.2. The van der Waals surface area contributed by atoms with E-state index in [1.165, 1.54) is 24.0 Å². The van der Waals surface area contributed by atoms with E-state index < -0.39 is 6.04 Å². The first kappa shape index (κ1) is 13.1. The Hall–Kier alpha value is -1.35. The fourth-order valence-electron chi connectivity index (χ4n) is 2.44. The van der Waals surface area contributed by atoms with Gasteiger partial charge in [0.25, 0.3) is 0 Å². The summed E-state index contributed by atoms with van der Waals surface area (Å²) in [5.74, 6) is -0.0682. The second-order valence-electron chi connectivity index (χ2n) is 5.08. The molecule has 1 atom stereocenters. The van der Waals surface area contributed by atoms with Gasteiger partial charge < -0.3 is 11.1 Å². The number of rotatable bonds is 5. The predicted octanol–water partition coefficient (Wildman–Crippen LogP) is 2.63. The summed E-state index contributed by atoms with van der Waals surface area (Å²) in [6.45, 7) is 2.10. The second kappa shape index (κ2) is 6.01. The monoisotopic (exact) mass is 246 g/mol. The lowest BCUT2D eigenvalue weighted by atomic mass is 10.1. The van der Waals surface area contributed by atoms with Crippen molar-refractivity contribution in [2.75, 3.05) is 5.32 Å². The molecule has 2 rings (SSSR count). The Labute approximate surface area is 109 Å². The second-order valence-corrected chi connectivity index (χ2v) is 5.08. The van der Waals surface area contributed by atoms with Gasteiger partial charge in [0.15, 0.2) is 0 Å². The largest absolute Gasteiger partial charge is 0.325 e. The molecule has 1 aliphatic carbocycles. The van der Waals surface area contributed by atoms with Crippen LogP contribution in [0.4, 0.5) is 5.69 Å². The minimum absolute atomic E-state index is 0.0682. The molecule has 0 radical (unpaired) electrons. The summed E-state index contributed by atoms with van der Waals surface area (Å²) in [5, 5.41) is 2.92. The number of hydrogen-bond donors (Lipinski definition) is 2. The number of hydrogen-bond acceptors (Lipinski definition) is 2. The highest BCUT2D eigenvalue weighted by Crippen LogP contribution is 2.24. The number of fused-ring (bicyclic) bond motifs is 1. The zero-order valence-corrected chi connectivity index (χ0v) is 11.0. The lowest BCUT2D eigenvalue weighted by Crippen LogP contribution is -2.35.